The Bertz CT molecular complexity index is 591. The maximum absolute atomic E-state index is 9.40. The van der Waals surface area contributed by atoms with Crippen molar-refractivity contribution < 1.29 is 22.1 Å². The lowest BCUT2D eigenvalue weighted by Gasteiger charge is -2.23. The van der Waals surface area contributed by atoms with Crippen molar-refractivity contribution in [1.82, 2.24) is 0 Å². The zero-order chi connectivity index (χ0) is 15.5. The molecule has 0 amide bonds. The molecule has 0 radical (unpaired) electrons. The van der Waals surface area contributed by atoms with Crippen molar-refractivity contribution in [2.24, 2.45) is 5.92 Å². The molecule has 0 saturated heterocycles. The molecule has 2 aromatic rings. The van der Waals surface area contributed by atoms with E-state index in [0.29, 0.717) is 11.7 Å². The fraction of sp³-hybridized carbons (Fsp3) is 0.421. The van der Waals surface area contributed by atoms with Crippen molar-refractivity contribution in [3.05, 3.63) is 59.9 Å². The number of aromatic nitrogens is 1. The molecule has 2 rings (SSSR count). The first-order valence-electron chi connectivity index (χ1n) is 7.66. The number of halogens is 1. The van der Waals surface area contributed by atoms with Gasteiger partial charge in [0.1, 0.15) is 5.75 Å². The number of benzene rings is 1. The molecule has 0 spiro atoms. The lowest BCUT2D eigenvalue weighted by Crippen LogP contribution is -3.00. The summed E-state index contributed by atoms with van der Waals surface area (Å²) in [6, 6.07) is 13.9. The normalized spacial score (nSPS) is 11.3. The van der Waals surface area contributed by atoms with E-state index in [4.69, 9.17) is 0 Å². The van der Waals surface area contributed by atoms with E-state index in [9.17, 15) is 5.11 Å². The molecule has 120 valence electrons. The van der Waals surface area contributed by atoms with E-state index in [-0.39, 0.29) is 17.9 Å². The van der Waals surface area contributed by atoms with Crippen LogP contribution in [0, 0.1) is 5.92 Å². The van der Waals surface area contributed by atoms with Crippen LogP contribution in [0.5, 0.6) is 5.75 Å². The Balaban J connectivity index is 0.00000242. The molecule has 1 aromatic carbocycles. The third-order valence-electron chi connectivity index (χ3n) is 3.83. The average molecular weight is 320 g/mol. The second kappa shape index (κ2) is 7.64. The molecule has 1 aromatic heterocycles. The number of hydrogen-bond donors (Lipinski definition) is 1. The molecular formula is C19H26ClNO. The Hall–Kier alpha value is -1.54. The van der Waals surface area contributed by atoms with Crippen LogP contribution < -0.4 is 17.0 Å². The van der Waals surface area contributed by atoms with Crippen LogP contribution in [0.15, 0.2) is 48.7 Å². The van der Waals surface area contributed by atoms with E-state index >= 15 is 0 Å². The molecule has 0 bridgehead atoms. The van der Waals surface area contributed by atoms with Crippen LogP contribution in [-0.4, -0.2) is 5.11 Å². The number of pyridine rings is 1. The summed E-state index contributed by atoms with van der Waals surface area (Å²) in [5.41, 5.74) is 2.61. The van der Waals surface area contributed by atoms with Gasteiger partial charge in [-0.3, -0.25) is 0 Å². The summed E-state index contributed by atoms with van der Waals surface area (Å²) in [5, 5.41) is 9.40. The summed E-state index contributed by atoms with van der Waals surface area (Å²) >= 11 is 0. The Kier molecular flexibility index (Phi) is 6.43. The molecule has 1 N–H and O–H groups in total. The van der Waals surface area contributed by atoms with Gasteiger partial charge in [0, 0.05) is 32.4 Å². The second-order valence-electron chi connectivity index (χ2n) is 6.82. The van der Waals surface area contributed by atoms with Crippen LogP contribution in [0.4, 0.5) is 0 Å². The summed E-state index contributed by atoms with van der Waals surface area (Å²) < 4.78 is 2.39. The van der Waals surface area contributed by atoms with Gasteiger partial charge in [-0.1, -0.05) is 32.0 Å². The number of aromatic hydroxyl groups is 1. The first kappa shape index (κ1) is 18.5. The van der Waals surface area contributed by atoms with Crippen LogP contribution in [0.25, 0.3) is 0 Å². The largest absolute Gasteiger partial charge is 1.00 e. The van der Waals surface area contributed by atoms with Gasteiger partial charge in [-0.05, 0) is 23.6 Å². The fourth-order valence-corrected chi connectivity index (χ4v) is 3.13. The summed E-state index contributed by atoms with van der Waals surface area (Å²) in [6.45, 7) is 9.14. The molecule has 0 aliphatic carbocycles. The van der Waals surface area contributed by atoms with E-state index < -0.39 is 0 Å². The first-order valence-corrected chi connectivity index (χ1v) is 7.66. The van der Waals surface area contributed by atoms with Gasteiger partial charge in [-0.25, -0.2) is 0 Å². The van der Waals surface area contributed by atoms with Gasteiger partial charge in [0.25, 0.3) is 0 Å². The zero-order valence-corrected chi connectivity index (χ0v) is 14.6. The van der Waals surface area contributed by atoms with Crippen molar-refractivity contribution in [3.8, 4) is 5.75 Å². The molecule has 0 aliphatic rings. The van der Waals surface area contributed by atoms with Gasteiger partial charge < -0.3 is 17.5 Å². The van der Waals surface area contributed by atoms with Gasteiger partial charge in [-0.15, -0.1) is 0 Å². The van der Waals surface area contributed by atoms with Gasteiger partial charge in [0.05, 0.1) is 6.42 Å². The molecule has 0 fully saturated rings. The van der Waals surface area contributed by atoms with Crippen molar-refractivity contribution >= 4 is 0 Å². The highest BCUT2D eigenvalue weighted by Crippen LogP contribution is 2.20. The number of phenols is 1. The lowest BCUT2D eigenvalue weighted by molar-refractivity contribution is -0.765. The summed E-state index contributed by atoms with van der Waals surface area (Å²) in [6.07, 6.45) is 4.20. The van der Waals surface area contributed by atoms with Crippen molar-refractivity contribution in [3.63, 3.8) is 0 Å². The highest BCUT2D eigenvalue weighted by Gasteiger charge is 2.31. The van der Waals surface area contributed by atoms with Crippen LogP contribution in [0.1, 0.15) is 45.4 Å². The van der Waals surface area contributed by atoms with E-state index in [1.807, 2.05) is 12.1 Å². The lowest BCUT2D eigenvalue weighted by atomic mass is 9.91. The van der Waals surface area contributed by atoms with E-state index in [1.165, 1.54) is 11.3 Å². The smallest absolute Gasteiger partial charge is 0.186 e. The molecular weight excluding hydrogens is 294 g/mol. The number of hydrogen-bond acceptors (Lipinski definition) is 1. The molecule has 22 heavy (non-hydrogen) atoms. The number of rotatable bonds is 5. The van der Waals surface area contributed by atoms with Gasteiger partial charge >= 0.3 is 0 Å². The molecule has 2 nitrogen and oxygen atoms in total. The number of nitrogens with zero attached hydrogens (tertiary/aromatic N) is 1. The highest BCUT2D eigenvalue weighted by molar-refractivity contribution is 5.28. The van der Waals surface area contributed by atoms with E-state index in [1.54, 1.807) is 12.1 Å². The Morgan fingerprint density at radius 1 is 1.05 bits per heavy atom. The summed E-state index contributed by atoms with van der Waals surface area (Å²) in [5.74, 6) is 0.981. The Labute approximate surface area is 140 Å². The minimum atomic E-state index is 0. The van der Waals surface area contributed by atoms with Gasteiger partial charge in [0.15, 0.2) is 17.4 Å². The fourth-order valence-electron chi connectivity index (χ4n) is 3.13. The maximum Gasteiger partial charge on any atom is 0.186 e. The summed E-state index contributed by atoms with van der Waals surface area (Å²) in [7, 11) is 0. The van der Waals surface area contributed by atoms with Gasteiger partial charge in [-0.2, -0.15) is 4.57 Å². The standard InChI is InChI=1S/C19H25NO.ClH/c1-15(2)14-19(3,4)20-12-6-5-7-17(20)13-16-8-10-18(21)11-9-16;/h5-12,15H,13-14H2,1-4H3;1H. The predicted molar refractivity (Wildman–Crippen MR) is 86.3 cm³/mol. The van der Waals surface area contributed by atoms with Crippen molar-refractivity contribution in [1.29, 1.82) is 0 Å². The predicted octanol–water partition coefficient (Wildman–Crippen LogP) is 1.06. The third kappa shape index (κ3) is 4.74. The monoisotopic (exact) mass is 319 g/mol. The van der Waals surface area contributed by atoms with Crippen molar-refractivity contribution in [2.45, 2.75) is 46.1 Å². The molecule has 3 heteroatoms. The molecule has 0 aliphatic heterocycles. The topological polar surface area (TPSA) is 24.1 Å². The SMILES string of the molecule is CC(C)CC(C)(C)[n+]1ccccc1Cc1ccc(O)cc1.[Cl-]. The van der Waals surface area contributed by atoms with Crippen LogP contribution in [0.3, 0.4) is 0 Å². The molecule has 0 unspecified atom stereocenters. The second-order valence-corrected chi connectivity index (χ2v) is 6.82. The van der Waals surface area contributed by atoms with E-state index in [0.717, 1.165) is 12.8 Å². The zero-order valence-electron chi connectivity index (χ0n) is 13.9. The van der Waals surface area contributed by atoms with Crippen LogP contribution in [0.2, 0.25) is 0 Å². The number of phenolic OH excluding ortho intramolecular Hbond substituents is 1. The van der Waals surface area contributed by atoms with Crippen molar-refractivity contribution in [2.75, 3.05) is 0 Å². The van der Waals surface area contributed by atoms with E-state index in [2.05, 4.69) is 56.7 Å². The minimum absolute atomic E-state index is 0. The minimum Gasteiger partial charge on any atom is -1.00 e. The molecule has 0 atom stereocenters. The Morgan fingerprint density at radius 3 is 2.27 bits per heavy atom. The Morgan fingerprint density at radius 2 is 1.68 bits per heavy atom. The summed E-state index contributed by atoms with van der Waals surface area (Å²) in [4.78, 5) is 0. The van der Waals surface area contributed by atoms with Gasteiger partial charge in [0.2, 0.25) is 0 Å². The van der Waals surface area contributed by atoms with Crippen LogP contribution >= 0.6 is 0 Å². The third-order valence-corrected chi connectivity index (χ3v) is 3.83. The average Bonchev–Trinajstić information content (AvgIpc) is 2.40. The van der Waals surface area contributed by atoms with Crippen LogP contribution in [-0.2, 0) is 12.0 Å². The molecule has 1 heterocycles. The molecule has 0 saturated carbocycles. The maximum atomic E-state index is 9.40. The highest BCUT2D eigenvalue weighted by atomic mass is 35.5. The quantitative estimate of drug-likeness (QED) is 0.819. The first-order chi connectivity index (χ1) is 9.88.